The van der Waals surface area contributed by atoms with Crippen molar-refractivity contribution in [1.82, 2.24) is 9.97 Å². The fourth-order valence-corrected chi connectivity index (χ4v) is 2.34. The lowest BCUT2D eigenvalue weighted by Crippen LogP contribution is -2.17. The van der Waals surface area contributed by atoms with E-state index >= 15 is 0 Å². The molecule has 20 heavy (non-hydrogen) atoms. The van der Waals surface area contributed by atoms with Crippen LogP contribution in [0.15, 0.2) is 55.0 Å². The third-order valence-corrected chi connectivity index (χ3v) is 3.36. The predicted molar refractivity (Wildman–Crippen MR) is 82.5 cm³/mol. The van der Waals surface area contributed by atoms with E-state index in [0.717, 1.165) is 28.8 Å². The molecule has 2 N–H and O–H groups in total. The number of benzene rings is 1. The summed E-state index contributed by atoms with van der Waals surface area (Å²) in [5.74, 6) is 0. The highest BCUT2D eigenvalue weighted by Gasteiger charge is 2.09. The van der Waals surface area contributed by atoms with Gasteiger partial charge in [0.25, 0.3) is 0 Å². The van der Waals surface area contributed by atoms with Crippen LogP contribution in [0.2, 0.25) is 0 Å². The van der Waals surface area contributed by atoms with E-state index in [1.807, 2.05) is 48.8 Å². The lowest BCUT2D eigenvalue weighted by Gasteiger charge is -2.21. The Morgan fingerprint density at radius 3 is 2.65 bits per heavy atom. The molecule has 0 saturated carbocycles. The Bertz CT molecular complexity index is 725. The van der Waals surface area contributed by atoms with Gasteiger partial charge in [-0.05, 0) is 42.0 Å². The van der Waals surface area contributed by atoms with E-state index in [2.05, 4.69) is 21.9 Å². The van der Waals surface area contributed by atoms with Gasteiger partial charge in [-0.1, -0.05) is 0 Å². The molecular weight excluding hydrogens is 248 g/mol. The van der Waals surface area contributed by atoms with Gasteiger partial charge in [0.1, 0.15) is 0 Å². The minimum Gasteiger partial charge on any atom is -0.398 e. The Morgan fingerprint density at radius 2 is 1.85 bits per heavy atom. The molecule has 0 aliphatic heterocycles. The van der Waals surface area contributed by atoms with Crippen LogP contribution in [0.25, 0.3) is 10.9 Å². The highest BCUT2D eigenvalue weighted by atomic mass is 15.1. The first-order valence-electron chi connectivity index (χ1n) is 6.49. The van der Waals surface area contributed by atoms with Gasteiger partial charge in [0.15, 0.2) is 0 Å². The maximum atomic E-state index is 6.01. The second kappa shape index (κ2) is 5.17. The van der Waals surface area contributed by atoms with Crippen LogP contribution < -0.4 is 10.6 Å². The number of aromatic nitrogens is 2. The van der Waals surface area contributed by atoms with Crippen LogP contribution in [0.3, 0.4) is 0 Å². The van der Waals surface area contributed by atoms with Crippen LogP contribution in [0.1, 0.15) is 5.56 Å². The molecule has 100 valence electrons. The first-order chi connectivity index (χ1) is 9.75. The highest BCUT2D eigenvalue weighted by Crippen LogP contribution is 2.29. The molecule has 0 aliphatic carbocycles. The Labute approximate surface area is 117 Å². The van der Waals surface area contributed by atoms with E-state index in [1.165, 1.54) is 5.56 Å². The summed E-state index contributed by atoms with van der Waals surface area (Å²) in [7, 11) is 2.06. The number of rotatable bonds is 3. The summed E-state index contributed by atoms with van der Waals surface area (Å²) < 4.78 is 0. The van der Waals surface area contributed by atoms with Gasteiger partial charge in [-0.2, -0.15) is 0 Å². The molecule has 0 saturated heterocycles. The van der Waals surface area contributed by atoms with Crippen LogP contribution in [-0.4, -0.2) is 17.0 Å². The molecule has 2 aromatic heterocycles. The number of nitrogen functional groups attached to an aromatic ring is 1. The molecule has 3 aromatic rings. The smallest absolute Gasteiger partial charge is 0.0955 e. The van der Waals surface area contributed by atoms with Crippen LogP contribution in [-0.2, 0) is 6.54 Å². The second-order valence-electron chi connectivity index (χ2n) is 4.79. The van der Waals surface area contributed by atoms with Gasteiger partial charge in [0, 0.05) is 43.3 Å². The number of hydrogen-bond acceptors (Lipinski definition) is 4. The van der Waals surface area contributed by atoms with E-state index in [9.17, 15) is 0 Å². The molecule has 0 amide bonds. The monoisotopic (exact) mass is 264 g/mol. The van der Waals surface area contributed by atoms with Crippen molar-refractivity contribution in [2.24, 2.45) is 0 Å². The SMILES string of the molecule is CN(Cc1ccncc1)c1ccc(N)c2cccnc12. The van der Waals surface area contributed by atoms with Crippen molar-refractivity contribution in [3.05, 3.63) is 60.6 Å². The van der Waals surface area contributed by atoms with Gasteiger partial charge in [-0.3, -0.25) is 9.97 Å². The number of fused-ring (bicyclic) bond motifs is 1. The van der Waals surface area contributed by atoms with Crippen molar-refractivity contribution >= 4 is 22.3 Å². The minimum absolute atomic E-state index is 0.758. The Balaban J connectivity index is 2.00. The first-order valence-corrected chi connectivity index (χ1v) is 6.49. The third kappa shape index (κ3) is 2.28. The summed E-state index contributed by atoms with van der Waals surface area (Å²) in [6.45, 7) is 0.804. The first kappa shape index (κ1) is 12.4. The number of nitrogens with two attached hydrogens (primary N) is 1. The van der Waals surface area contributed by atoms with Crippen LogP contribution in [0, 0.1) is 0 Å². The number of pyridine rings is 2. The normalized spacial score (nSPS) is 10.7. The standard InChI is InChI=1S/C16H16N4/c1-20(11-12-6-9-18-10-7-12)15-5-4-14(17)13-3-2-8-19-16(13)15/h2-10H,11,17H2,1H3. The molecule has 0 aliphatic rings. The molecular formula is C16H16N4. The topological polar surface area (TPSA) is 55.0 Å². The molecule has 0 unspecified atom stereocenters. The number of anilines is 2. The van der Waals surface area contributed by atoms with E-state index in [4.69, 9.17) is 5.73 Å². The van der Waals surface area contributed by atoms with Crippen LogP contribution >= 0.6 is 0 Å². The Kier molecular flexibility index (Phi) is 3.21. The maximum absolute atomic E-state index is 6.01. The summed E-state index contributed by atoms with van der Waals surface area (Å²) >= 11 is 0. The molecule has 0 bridgehead atoms. The zero-order chi connectivity index (χ0) is 13.9. The summed E-state index contributed by atoms with van der Waals surface area (Å²) in [6, 6.07) is 11.9. The van der Waals surface area contributed by atoms with Crippen molar-refractivity contribution in [3.63, 3.8) is 0 Å². The molecule has 0 atom stereocenters. The average Bonchev–Trinajstić information content (AvgIpc) is 2.49. The number of nitrogens with zero attached hydrogens (tertiary/aromatic N) is 3. The highest BCUT2D eigenvalue weighted by molar-refractivity contribution is 5.98. The summed E-state index contributed by atoms with van der Waals surface area (Å²) in [6.07, 6.45) is 5.41. The van der Waals surface area contributed by atoms with Crippen LogP contribution in [0.5, 0.6) is 0 Å². The molecule has 0 spiro atoms. The van der Waals surface area contributed by atoms with Gasteiger partial charge in [-0.25, -0.2) is 0 Å². The third-order valence-electron chi connectivity index (χ3n) is 3.36. The van der Waals surface area contributed by atoms with Gasteiger partial charge in [0.2, 0.25) is 0 Å². The van der Waals surface area contributed by atoms with E-state index in [0.29, 0.717) is 0 Å². The summed E-state index contributed by atoms with van der Waals surface area (Å²) in [5, 5.41) is 0.992. The molecule has 3 rings (SSSR count). The largest absolute Gasteiger partial charge is 0.398 e. The van der Waals surface area contributed by atoms with E-state index in [-0.39, 0.29) is 0 Å². The van der Waals surface area contributed by atoms with Gasteiger partial charge < -0.3 is 10.6 Å². The summed E-state index contributed by atoms with van der Waals surface area (Å²) in [5.41, 5.74) is 9.99. The van der Waals surface area contributed by atoms with Crippen molar-refractivity contribution in [2.75, 3.05) is 17.7 Å². The maximum Gasteiger partial charge on any atom is 0.0955 e. The molecule has 0 fully saturated rings. The van der Waals surface area contributed by atoms with Gasteiger partial charge in [-0.15, -0.1) is 0 Å². The van der Waals surface area contributed by atoms with Crippen molar-refractivity contribution in [1.29, 1.82) is 0 Å². The molecule has 4 nitrogen and oxygen atoms in total. The van der Waals surface area contributed by atoms with Crippen LogP contribution in [0.4, 0.5) is 11.4 Å². The summed E-state index contributed by atoms with van der Waals surface area (Å²) in [4.78, 5) is 10.7. The van der Waals surface area contributed by atoms with Crippen molar-refractivity contribution in [2.45, 2.75) is 6.54 Å². The van der Waals surface area contributed by atoms with Crippen molar-refractivity contribution in [3.8, 4) is 0 Å². The lowest BCUT2D eigenvalue weighted by molar-refractivity contribution is 0.922. The quantitative estimate of drug-likeness (QED) is 0.739. The Morgan fingerprint density at radius 1 is 1.05 bits per heavy atom. The van der Waals surface area contributed by atoms with Gasteiger partial charge in [0.05, 0.1) is 11.2 Å². The molecule has 2 heterocycles. The predicted octanol–water partition coefficient (Wildman–Crippen LogP) is 2.85. The second-order valence-corrected chi connectivity index (χ2v) is 4.79. The zero-order valence-corrected chi connectivity index (χ0v) is 11.3. The fraction of sp³-hybridized carbons (Fsp3) is 0.125. The van der Waals surface area contributed by atoms with Gasteiger partial charge >= 0.3 is 0 Å². The zero-order valence-electron chi connectivity index (χ0n) is 11.3. The average molecular weight is 264 g/mol. The number of hydrogen-bond donors (Lipinski definition) is 1. The minimum atomic E-state index is 0.758. The fourth-order valence-electron chi connectivity index (χ4n) is 2.34. The molecule has 0 radical (unpaired) electrons. The Hall–Kier alpha value is -2.62. The molecule has 4 heteroatoms. The van der Waals surface area contributed by atoms with Crippen molar-refractivity contribution < 1.29 is 0 Å². The lowest BCUT2D eigenvalue weighted by atomic mass is 10.1. The van der Waals surface area contributed by atoms with E-state index < -0.39 is 0 Å². The molecule has 1 aromatic carbocycles. The van der Waals surface area contributed by atoms with E-state index in [1.54, 1.807) is 6.20 Å².